The highest BCUT2D eigenvalue weighted by atomic mass is 15.3. The van der Waals surface area contributed by atoms with Gasteiger partial charge in [0.05, 0.1) is 24.1 Å². The average Bonchev–Trinajstić information content (AvgIpc) is 2.83. The number of piperazine rings is 1. The smallest absolute Gasteiger partial charge is 0.121 e. The molecule has 0 atom stereocenters. The van der Waals surface area contributed by atoms with E-state index < -0.39 is 0 Å². The lowest BCUT2D eigenvalue weighted by Gasteiger charge is -2.33. The summed E-state index contributed by atoms with van der Waals surface area (Å²) in [5.41, 5.74) is 2.16. The molecule has 0 saturated carbocycles. The fourth-order valence-electron chi connectivity index (χ4n) is 2.53. The molecular weight excluding hydrogens is 236 g/mol. The second-order valence-electron chi connectivity index (χ2n) is 4.96. The number of fused-ring (bicyclic) bond motifs is 1. The van der Waals surface area contributed by atoms with Crippen LogP contribution in [0.25, 0.3) is 11.0 Å². The molecule has 0 unspecified atom stereocenters. The number of benzene rings is 1. The van der Waals surface area contributed by atoms with E-state index in [-0.39, 0.29) is 0 Å². The number of imidazole rings is 1. The molecule has 2 aromatic rings. The Morgan fingerprint density at radius 2 is 1.89 bits per heavy atom. The van der Waals surface area contributed by atoms with E-state index in [0.29, 0.717) is 0 Å². The second-order valence-corrected chi connectivity index (χ2v) is 4.96. The zero-order chi connectivity index (χ0) is 13.1. The Morgan fingerprint density at radius 3 is 2.63 bits per heavy atom. The SMILES string of the molecule is C#CCN1CCN(Cc2nc3ccccc3[nH]2)CC1. The summed E-state index contributed by atoms with van der Waals surface area (Å²) in [4.78, 5) is 12.7. The van der Waals surface area contributed by atoms with E-state index in [1.54, 1.807) is 0 Å². The van der Waals surface area contributed by atoms with Crippen molar-refractivity contribution in [3.8, 4) is 12.3 Å². The molecule has 1 aromatic carbocycles. The molecule has 1 aliphatic rings. The third kappa shape index (κ3) is 2.78. The van der Waals surface area contributed by atoms with Crippen molar-refractivity contribution in [3.63, 3.8) is 0 Å². The van der Waals surface area contributed by atoms with Gasteiger partial charge >= 0.3 is 0 Å². The van der Waals surface area contributed by atoms with Gasteiger partial charge in [0.15, 0.2) is 0 Å². The Bertz CT molecular complexity index is 554. The van der Waals surface area contributed by atoms with Crippen molar-refractivity contribution in [1.82, 2.24) is 19.8 Å². The lowest BCUT2D eigenvalue weighted by molar-refractivity contribution is 0.136. The largest absolute Gasteiger partial charge is 0.341 e. The van der Waals surface area contributed by atoms with Gasteiger partial charge in [-0.3, -0.25) is 9.80 Å². The van der Waals surface area contributed by atoms with Crippen LogP contribution in [0.4, 0.5) is 0 Å². The number of para-hydroxylation sites is 2. The van der Waals surface area contributed by atoms with E-state index in [2.05, 4.69) is 31.8 Å². The maximum atomic E-state index is 5.34. The summed E-state index contributed by atoms with van der Waals surface area (Å²) in [6.45, 7) is 5.85. The highest BCUT2D eigenvalue weighted by Gasteiger charge is 2.17. The second kappa shape index (κ2) is 5.43. The van der Waals surface area contributed by atoms with Crippen LogP contribution in [0, 0.1) is 12.3 Å². The van der Waals surface area contributed by atoms with Crippen molar-refractivity contribution >= 4 is 11.0 Å². The van der Waals surface area contributed by atoms with Crippen LogP contribution >= 0.6 is 0 Å². The van der Waals surface area contributed by atoms with Gasteiger partial charge in [0, 0.05) is 26.2 Å². The molecule has 0 bridgehead atoms. The fourth-order valence-corrected chi connectivity index (χ4v) is 2.53. The van der Waals surface area contributed by atoms with Gasteiger partial charge in [0.1, 0.15) is 5.82 Å². The van der Waals surface area contributed by atoms with Gasteiger partial charge in [-0.2, -0.15) is 0 Å². The van der Waals surface area contributed by atoms with Crippen molar-refractivity contribution in [3.05, 3.63) is 30.1 Å². The molecule has 0 aliphatic carbocycles. The van der Waals surface area contributed by atoms with Crippen LogP contribution in [0.1, 0.15) is 5.82 Å². The molecule has 0 spiro atoms. The lowest BCUT2D eigenvalue weighted by Crippen LogP contribution is -2.45. The number of hydrogen-bond donors (Lipinski definition) is 1. The molecule has 0 amide bonds. The molecule has 4 nitrogen and oxygen atoms in total. The van der Waals surface area contributed by atoms with Gasteiger partial charge in [0.25, 0.3) is 0 Å². The summed E-state index contributed by atoms with van der Waals surface area (Å²) in [6.07, 6.45) is 5.34. The third-order valence-electron chi connectivity index (χ3n) is 3.59. The van der Waals surface area contributed by atoms with E-state index in [1.807, 2.05) is 18.2 Å². The van der Waals surface area contributed by atoms with Gasteiger partial charge in [-0.15, -0.1) is 6.42 Å². The number of aromatic nitrogens is 2. The summed E-state index contributed by atoms with van der Waals surface area (Å²) in [6, 6.07) is 8.16. The minimum Gasteiger partial charge on any atom is -0.341 e. The van der Waals surface area contributed by atoms with E-state index in [4.69, 9.17) is 6.42 Å². The highest BCUT2D eigenvalue weighted by Crippen LogP contribution is 2.12. The van der Waals surface area contributed by atoms with Crippen LogP contribution in [0.15, 0.2) is 24.3 Å². The quantitative estimate of drug-likeness (QED) is 0.839. The minimum absolute atomic E-state index is 0.762. The van der Waals surface area contributed by atoms with E-state index >= 15 is 0 Å². The third-order valence-corrected chi connectivity index (χ3v) is 3.59. The molecule has 1 saturated heterocycles. The van der Waals surface area contributed by atoms with Gasteiger partial charge in [-0.05, 0) is 12.1 Å². The van der Waals surface area contributed by atoms with Crippen molar-refractivity contribution < 1.29 is 0 Å². The topological polar surface area (TPSA) is 35.2 Å². The average molecular weight is 254 g/mol. The number of terminal acetylenes is 1. The molecule has 1 N–H and O–H groups in total. The first-order chi connectivity index (χ1) is 9.35. The zero-order valence-corrected chi connectivity index (χ0v) is 11.0. The van der Waals surface area contributed by atoms with Crippen LogP contribution in [0.5, 0.6) is 0 Å². The zero-order valence-electron chi connectivity index (χ0n) is 11.0. The molecule has 0 radical (unpaired) electrons. The molecule has 3 rings (SSSR count). The fraction of sp³-hybridized carbons (Fsp3) is 0.400. The Hall–Kier alpha value is -1.83. The standard InChI is InChI=1S/C15H18N4/c1-2-7-18-8-10-19(11-9-18)12-15-16-13-5-3-4-6-14(13)17-15/h1,3-6H,7-12H2,(H,16,17). The van der Waals surface area contributed by atoms with Crippen LogP contribution < -0.4 is 0 Å². The van der Waals surface area contributed by atoms with Crippen molar-refractivity contribution in [2.24, 2.45) is 0 Å². The Morgan fingerprint density at radius 1 is 1.16 bits per heavy atom. The summed E-state index contributed by atoms with van der Waals surface area (Å²) in [5.74, 6) is 3.76. The first kappa shape index (κ1) is 12.2. The normalized spacial score (nSPS) is 17.6. The Kier molecular flexibility index (Phi) is 3.49. The van der Waals surface area contributed by atoms with Crippen molar-refractivity contribution in [1.29, 1.82) is 0 Å². The number of aromatic amines is 1. The van der Waals surface area contributed by atoms with Crippen LogP contribution in [0.2, 0.25) is 0 Å². The molecule has 1 aliphatic heterocycles. The van der Waals surface area contributed by atoms with Crippen molar-refractivity contribution in [2.45, 2.75) is 6.54 Å². The maximum Gasteiger partial charge on any atom is 0.121 e. The number of nitrogens with zero attached hydrogens (tertiary/aromatic N) is 3. The predicted octanol–water partition coefficient (Wildman–Crippen LogP) is 1.31. The van der Waals surface area contributed by atoms with Gasteiger partial charge in [-0.1, -0.05) is 18.1 Å². The molecule has 1 aromatic heterocycles. The summed E-state index contributed by atoms with van der Waals surface area (Å²) in [7, 11) is 0. The molecular formula is C15H18N4. The molecule has 2 heterocycles. The number of H-pyrrole nitrogens is 1. The number of rotatable bonds is 3. The van der Waals surface area contributed by atoms with Gasteiger partial charge < -0.3 is 4.98 Å². The van der Waals surface area contributed by atoms with E-state index in [1.165, 1.54) is 0 Å². The van der Waals surface area contributed by atoms with Crippen LogP contribution in [0.3, 0.4) is 0 Å². The Balaban J connectivity index is 1.62. The molecule has 19 heavy (non-hydrogen) atoms. The minimum atomic E-state index is 0.762. The molecule has 98 valence electrons. The Labute approximate surface area is 113 Å². The summed E-state index contributed by atoms with van der Waals surface area (Å²) >= 11 is 0. The van der Waals surface area contributed by atoms with E-state index in [9.17, 15) is 0 Å². The van der Waals surface area contributed by atoms with E-state index in [0.717, 1.165) is 56.1 Å². The van der Waals surface area contributed by atoms with Crippen LogP contribution in [-0.4, -0.2) is 52.5 Å². The number of hydrogen-bond acceptors (Lipinski definition) is 3. The first-order valence-corrected chi connectivity index (χ1v) is 6.67. The van der Waals surface area contributed by atoms with Crippen molar-refractivity contribution in [2.75, 3.05) is 32.7 Å². The van der Waals surface area contributed by atoms with Crippen LogP contribution in [-0.2, 0) is 6.54 Å². The van der Waals surface area contributed by atoms with Gasteiger partial charge in [-0.25, -0.2) is 4.98 Å². The summed E-state index contributed by atoms with van der Waals surface area (Å²) in [5, 5.41) is 0. The summed E-state index contributed by atoms with van der Waals surface area (Å²) < 4.78 is 0. The number of nitrogens with one attached hydrogen (secondary N) is 1. The highest BCUT2D eigenvalue weighted by molar-refractivity contribution is 5.74. The first-order valence-electron chi connectivity index (χ1n) is 6.67. The predicted molar refractivity (Wildman–Crippen MR) is 76.6 cm³/mol. The molecule has 1 fully saturated rings. The molecule has 4 heteroatoms. The monoisotopic (exact) mass is 254 g/mol. The van der Waals surface area contributed by atoms with Gasteiger partial charge in [0.2, 0.25) is 0 Å². The lowest BCUT2D eigenvalue weighted by atomic mass is 10.3. The maximum absolute atomic E-state index is 5.34.